The monoisotopic (exact) mass is 251 g/mol. The maximum Gasteiger partial charge on any atom is 0.338 e. The minimum absolute atomic E-state index is 0.0780. The highest BCUT2D eigenvalue weighted by Crippen LogP contribution is 2.19. The Hall–Kier alpha value is -2.77. The molecule has 0 saturated heterocycles. The van der Waals surface area contributed by atoms with Crippen LogP contribution in [0.4, 0.5) is 10.1 Å². The number of halogens is 1. The van der Waals surface area contributed by atoms with E-state index in [0.29, 0.717) is 0 Å². The molecule has 0 aliphatic carbocycles. The Balaban J connectivity index is 2.49. The fourth-order valence-corrected chi connectivity index (χ4v) is 1.37. The van der Waals surface area contributed by atoms with Crippen molar-refractivity contribution >= 4 is 11.7 Å². The van der Waals surface area contributed by atoms with Crippen LogP contribution in [0.2, 0.25) is 0 Å². The van der Waals surface area contributed by atoms with Crippen molar-refractivity contribution in [1.82, 2.24) is 9.78 Å². The predicted octanol–water partition coefficient (Wildman–Crippen LogP) is 1.62. The molecule has 1 heterocycles. The third kappa shape index (κ3) is 2.17. The maximum atomic E-state index is 13.2. The summed E-state index contributed by atoms with van der Waals surface area (Å²) in [6.45, 7) is 0. The molecule has 0 spiro atoms. The summed E-state index contributed by atoms with van der Waals surface area (Å²) in [4.78, 5) is 20.5. The van der Waals surface area contributed by atoms with Crippen molar-refractivity contribution in [3.05, 3.63) is 52.1 Å². The molecule has 0 bridgehead atoms. The molecule has 1 N–H and O–H groups in total. The highest BCUT2D eigenvalue weighted by atomic mass is 19.1. The lowest BCUT2D eigenvalue weighted by atomic mass is 10.2. The van der Waals surface area contributed by atoms with Gasteiger partial charge in [0.25, 0.3) is 5.69 Å². The van der Waals surface area contributed by atoms with Crippen LogP contribution < -0.4 is 0 Å². The van der Waals surface area contributed by atoms with Crippen LogP contribution in [0, 0.1) is 15.9 Å². The summed E-state index contributed by atoms with van der Waals surface area (Å²) >= 11 is 0. The third-order valence-corrected chi connectivity index (χ3v) is 2.17. The van der Waals surface area contributed by atoms with Gasteiger partial charge < -0.3 is 5.11 Å². The number of carboxylic acids is 1. The highest BCUT2D eigenvalue weighted by Gasteiger charge is 2.13. The molecule has 92 valence electrons. The average Bonchev–Trinajstić information content (AvgIpc) is 2.77. The van der Waals surface area contributed by atoms with Gasteiger partial charge in [-0.15, -0.1) is 0 Å². The third-order valence-electron chi connectivity index (χ3n) is 2.17. The largest absolute Gasteiger partial charge is 0.478 e. The Kier molecular flexibility index (Phi) is 2.76. The Labute approximate surface area is 99.2 Å². The highest BCUT2D eigenvalue weighted by molar-refractivity contribution is 5.86. The number of hydrogen-bond donors (Lipinski definition) is 1. The molecule has 0 aliphatic heterocycles. The fourth-order valence-electron chi connectivity index (χ4n) is 1.37. The summed E-state index contributed by atoms with van der Waals surface area (Å²) in [5.41, 5.74) is -0.450. The normalized spacial score (nSPS) is 10.3. The van der Waals surface area contributed by atoms with Crippen molar-refractivity contribution in [2.24, 2.45) is 0 Å². The van der Waals surface area contributed by atoms with E-state index in [4.69, 9.17) is 5.11 Å². The lowest BCUT2D eigenvalue weighted by Gasteiger charge is -2.01. The van der Waals surface area contributed by atoms with Crippen molar-refractivity contribution < 1.29 is 19.2 Å². The van der Waals surface area contributed by atoms with Gasteiger partial charge >= 0.3 is 5.97 Å². The Bertz CT molecular complexity index is 638. The number of carboxylic acid groups (broad SMARTS) is 1. The first-order valence-electron chi connectivity index (χ1n) is 4.70. The van der Waals surface area contributed by atoms with Gasteiger partial charge in [-0.25, -0.2) is 13.9 Å². The van der Waals surface area contributed by atoms with Crippen molar-refractivity contribution in [3.63, 3.8) is 0 Å². The minimum atomic E-state index is -1.19. The van der Waals surface area contributed by atoms with Gasteiger partial charge in [0, 0.05) is 18.3 Å². The molecule has 2 aromatic rings. The lowest BCUT2D eigenvalue weighted by molar-refractivity contribution is -0.385. The first-order valence-corrected chi connectivity index (χ1v) is 4.70. The molecule has 0 fully saturated rings. The van der Waals surface area contributed by atoms with E-state index < -0.39 is 22.4 Å². The van der Waals surface area contributed by atoms with Crippen LogP contribution >= 0.6 is 0 Å². The van der Waals surface area contributed by atoms with E-state index in [9.17, 15) is 19.3 Å². The van der Waals surface area contributed by atoms with Gasteiger partial charge in [-0.3, -0.25) is 10.1 Å². The Morgan fingerprint density at radius 3 is 2.72 bits per heavy atom. The SMILES string of the molecule is O=C(O)c1cnn(-c2cc(F)cc([N+](=O)[O-])c2)c1. The van der Waals surface area contributed by atoms with Gasteiger partial charge in [0.1, 0.15) is 5.82 Å². The Morgan fingerprint density at radius 2 is 2.17 bits per heavy atom. The van der Waals surface area contributed by atoms with Gasteiger partial charge in [-0.1, -0.05) is 0 Å². The van der Waals surface area contributed by atoms with E-state index >= 15 is 0 Å². The summed E-state index contributed by atoms with van der Waals surface area (Å²) in [6, 6.07) is 2.89. The maximum absolute atomic E-state index is 13.2. The van der Waals surface area contributed by atoms with E-state index in [1.807, 2.05) is 0 Å². The van der Waals surface area contributed by atoms with Gasteiger partial charge in [0.15, 0.2) is 0 Å². The number of rotatable bonds is 3. The first kappa shape index (κ1) is 11.7. The van der Waals surface area contributed by atoms with Crippen molar-refractivity contribution in [3.8, 4) is 5.69 Å². The van der Waals surface area contributed by atoms with Crippen LogP contribution in [-0.2, 0) is 0 Å². The quantitative estimate of drug-likeness (QED) is 0.660. The average molecular weight is 251 g/mol. The number of non-ortho nitro benzene ring substituents is 1. The van der Waals surface area contributed by atoms with Crippen molar-refractivity contribution in [2.75, 3.05) is 0 Å². The molecule has 0 unspecified atom stereocenters. The van der Waals surface area contributed by atoms with E-state index in [2.05, 4.69) is 5.10 Å². The number of nitro benzene ring substituents is 1. The zero-order valence-corrected chi connectivity index (χ0v) is 8.78. The lowest BCUT2D eigenvalue weighted by Crippen LogP contribution is -1.98. The molecule has 0 aliphatic rings. The molecule has 1 aromatic carbocycles. The molecular formula is C10H6FN3O4. The number of nitrogens with zero attached hydrogens (tertiary/aromatic N) is 3. The number of benzene rings is 1. The smallest absolute Gasteiger partial charge is 0.338 e. The summed E-state index contributed by atoms with van der Waals surface area (Å²) in [5, 5.41) is 23.0. The number of aromatic carboxylic acids is 1. The van der Waals surface area contributed by atoms with Crippen molar-refractivity contribution in [1.29, 1.82) is 0 Å². The van der Waals surface area contributed by atoms with Gasteiger partial charge in [-0.05, 0) is 0 Å². The molecule has 1 aromatic heterocycles. The Morgan fingerprint density at radius 1 is 1.44 bits per heavy atom. The first-order chi connectivity index (χ1) is 8.47. The zero-order chi connectivity index (χ0) is 13.3. The summed E-state index contributed by atoms with van der Waals surface area (Å²) in [7, 11) is 0. The topological polar surface area (TPSA) is 98.3 Å². The molecule has 18 heavy (non-hydrogen) atoms. The molecule has 0 amide bonds. The standard InChI is InChI=1S/C10H6FN3O4/c11-7-1-8(3-9(2-7)14(17)18)13-5-6(4-12-13)10(15)16/h1-5H,(H,15,16). The van der Waals surface area contributed by atoms with Gasteiger partial charge in [-0.2, -0.15) is 5.10 Å². The van der Waals surface area contributed by atoms with Crippen LogP contribution in [-0.4, -0.2) is 25.8 Å². The molecule has 0 atom stereocenters. The second kappa shape index (κ2) is 4.24. The molecule has 0 saturated carbocycles. The van der Waals surface area contributed by atoms with Gasteiger partial charge in [0.05, 0.1) is 28.4 Å². The van der Waals surface area contributed by atoms with E-state index in [0.717, 1.165) is 35.3 Å². The minimum Gasteiger partial charge on any atom is -0.478 e. The second-order valence-corrected chi connectivity index (χ2v) is 3.40. The zero-order valence-electron chi connectivity index (χ0n) is 8.78. The van der Waals surface area contributed by atoms with Gasteiger partial charge in [0.2, 0.25) is 0 Å². The number of aromatic nitrogens is 2. The summed E-state index contributed by atoms with van der Waals surface area (Å²) < 4.78 is 14.2. The summed E-state index contributed by atoms with van der Waals surface area (Å²) in [6.07, 6.45) is 2.21. The number of hydrogen-bond acceptors (Lipinski definition) is 4. The van der Waals surface area contributed by atoms with Crippen LogP contribution in [0.1, 0.15) is 10.4 Å². The number of carbonyl (C=O) groups is 1. The van der Waals surface area contributed by atoms with E-state index in [1.165, 1.54) is 0 Å². The predicted molar refractivity (Wildman–Crippen MR) is 57.1 cm³/mol. The second-order valence-electron chi connectivity index (χ2n) is 3.40. The van der Waals surface area contributed by atoms with Crippen LogP contribution in [0.25, 0.3) is 5.69 Å². The van der Waals surface area contributed by atoms with E-state index in [-0.39, 0.29) is 11.3 Å². The van der Waals surface area contributed by atoms with Crippen LogP contribution in [0.3, 0.4) is 0 Å². The molecule has 0 radical (unpaired) electrons. The van der Waals surface area contributed by atoms with E-state index in [1.54, 1.807) is 0 Å². The summed E-state index contributed by atoms with van der Waals surface area (Å²) in [5.74, 6) is -1.99. The molecule has 8 heteroatoms. The number of nitro groups is 1. The van der Waals surface area contributed by atoms with Crippen molar-refractivity contribution in [2.45, 2.75) is 0 Å². The molecule has 2 rings (SSSR count). The van der Waals surface area contributed by atoms with Crippen LogP contribution in [0.15, 0.2) is 30.6 Å². The molecule has 7 nitrogen and oxygen atoms in total. The van der Waals surface area contributed by atoms with Crippen LogP contribution in [0.5, 0.6) is 0 Å². The fraction of sp³-hybridized carbons (Fsp3) is 0. The molecular weight excluding hydrogens is 245 g/mol.